The molecule has 0 aliphatic heterocycles. The van der Waals surface area contributed by atoms with E-state index in [2.05, 4.69) is 47.0 Å². The molecule has 0 atom stereocenters. The molecule has 1 fully saturated rings. The summed E-state index contributed by atoms with van der Waals surface area (Å²) in [7, 11) is 4.01. The van der Waals surface area contributed by atoms with Gasteiger partial charge in [-0.3, -0.25) is 4.79 Å². The number of rotatable bonds is 8. The summed E-state index contributed by atoms with van der Waals surface area (Å²) in [4.78, 5) is 24.8. The molecule has 5 rings (SSSR count). The van der Waals surface area contributed by atoms with Gasteiger partial charge in [-0.15, -0.1) is 0 Å². The molecule has 1 aliphatic rings. The number of hydrogen-bond acceptors (Lipinski definition) is 5. The first kappa shape index (κ1) is 24.8. The Morgan fingerprint density at radius 2 is 1.49 bits per heavy atom. The molecule has 1 aromatic heterocycles. The highest BCUT2D eigenvalue weighted by Crippen LogP contribution is 2.26. The van der Waals surface area contributed by atoms with Gasteiger partial charge in [-0.05, 0) is 67.9 Å². The smallest absolute Gasteiger partial charge is 0.251 e. The van der Waals surface area contributed by atoms with Gasteiger partial charge < -0.3 is 15.5 Å². The van der Waals surface area contributed by atoms with Crippen molar-refractivity contribution in [2.45, 2.75) is 50.6 Å². The number of nitrogens with zero attached hydrogens (tertiary/aromatic N) is 3. The van der Waals surface area contributed by atoms with Crippen LogP contribution in [0.1, 0.15) is 47.2 Å². The second kappa shape index (κ2) is 11.4. The summed E-state index contributed by atoms with van der Waals surface area (Å²) < 4.78 is 0. The van der Waals surface area contributed by atoms with Crippen LogP contribution in [0.4, 0.5) is 11.8 Å². The molecule has 0 radical (unpaired) electrons. The van der Waals surface area contributed by atoms with Crippen LogP contribution in [0, 0.1) is 0 Å². The van der Waals surface area contributed by atoms with Gasteiger partial charge in [-0.1, -0.05) is 60.7 Å². The second-order valence-electron chi connectivity index (χ2n) is 10.1. The van der Waals surface area contributed by atoms with Crippen molar-refractivity contribution < 1.29 is 4.79 Å². The average Bonchev–Trinajstić information content (AvgIpc) is 2.93. The summed E-state index contributed by atoms with van der Waals surface area (Å²) in [5.41, 5.74) is 4.12. The van der Waals surface area contributed by atoms with E-state index in [-0.39, 0.29) is 11.9 Å². The van der Waals surface area contributed by atoms with Gasteiger partial charge in [0, 0.05) is 37.1 Å². The van der Waals surface area contributed by atoms with Crippen LogP contribution in [-0.4, -0.2) is 42.1 Å². The summed E-state index contributed by atoms with van der Waals surface area (Å²) >= 11 is 0. The van der Waals surface area contributed by atoms with E-state index in [4.69, 9.17) is 9.97 Å². The molecule has 0 spiro atoms. The molecule has 0 unspecified atom stereocenters. The summed E-state index contributed by atoms with van der Waals surface area (Å²) in [5.74, 6) is 1.62. The number of aromatic nitrogens is 2. The van der Waals surface area contributed by atoms with Crippen molar-refractivity contribution >= 4 is 28.6 Å². The molecular weight excluding hydrogens is 458 g/mol. The van der Waals surface area contributed by atoms with Gasteiger partial charge in [-0.2, -0.15) is 4.98 Å². The van der Waals surface area contributed by atoms with E-state index in [0.717, 1.165) is 66.4 Å². The summed E-state index contributed by atoms with van der Waals surface area (Å²) in [5, 5.41) is 7.90. The molecule has 1 saturated carbocycles. The van der Waals surface area contributed by atoms with Crippen molar-refractivity contribution in [3.8, 4) is 0 Å². The third-order valence-corrected chi connectivity index (χ3v) is 7.19. The lowest BCUT2D eigenvalue weighted by atomic mass is 9.90. The van der Waals surface area contributed by atoms with E-state index >= 15 is 0 Å². The van der Waals surface area contributed by atoms with E-state index in [0.29, 0.717) is 12.0 Å². The highest BCUT2D eigenvalue weighted by molar-refractivity contribution is 5.96. The minimum absolute atomic E-state index is 0.0357. The molecule has 1 amide bonds. The Balaban J connectivity index is 1.17. The average molecular weight is 494 g/mol. The molecule has 2 N–H and O–H groups in total. The lowest BCUT2D eigenvalue weighted by molar-refractivity contribution is 0.0925. The largest absolute Gasteiger partial charge is 0.362 e. The number of para-hydroxylation sites is 1. The fourth-order valence-electron chi connectivity index (χ4n) is 5.18. The number of benzene rings is 3. The van der Waals surface area contributed by atoms with Gasteiger partial charge in [0.2, 0.25) is 5.95 Å². The third-order valence-electron chi connectivity index (χ3n) is 7.19. The number of nitrogens with one attached hydrogen (secondary N) is 2. The standard InChI is InChI=1S/C31H35N5O/c1-36(2)29-27-14-8-9-15-28(27)34-31(35-29)33-25-20-18-24(19-21-25)32-30(37)26-13-7-6-12-23(26)17-16-22-10-4-3-5-11-22/h3-15,24-25H,16-21H2,1-2H3,(H,32,37)(H,33,34,35)/t24-,25+. The number of anilines is 2. The van der Waals surface area contributed by atoms with E-state index in [1.165, 1.54) is 5.56 Å². The minimum atomic E-state index is 0.0357. The van der Waals surface area contributed by atoms with E-state index in [1.54, 1.807) is 0 Å². The Bertz CT molecular complexity index is 1350. The van der Waals surface area contributed by atoms with Crippen LogP contribution in [0.15, 0.2) is 78.9 Å². The molecular formula is C31H35N5O. The van der Waals surface area contributed by atoms with Crippen molar-refractivity contribution in [2.24, 2.45) is 0 Å². The highest BCUT2D eigenvalue weighted by Gasteiger charge is 2.24. The van der Waals surface area contributed by atoms with Crippen molar-refractivity contribution in [1.29, 1.82) is 0 Å². The monoisotopic (exact) mass is 493 g/mol. The first-order valence-electron chi connectivity index (χ1n) is 13.2. The molecule has 0 bridgehead atoms. The van der Waals surface area contributed by atoms with E-state index in [9.17, 15) is 4.79 Å². The predicted molar refractivity (Wildman–Crippen MR) is 151 cm³/mol. The van der Waals surface area contributed by atoms with Crippen molar-refractivity contribution in [2.75, 3.05) is 24.3 Å². The molecule has 37 heavy (non-hydrogen) atoms. The lowest BCUT2D eigenvalue weighted by Gasteiger charge is -2.30. The first-order valence-corrected chi connectivity index (χ1v) is 13.2. The minimum Gasteiger partial charge on any atom is -0.362 e. The van der Waals surface area contributed by atoms with E-state index in [1.807, 2.05) is 61.5 Å². The molecule has 6 nitrogen and oxygen atoms in total. The third kappa shape index (κ3) is 6.08. The predicted octanol–water partition coefficient (Wildman–Crippen LogP) is 5.63. The van der Waals surface area contributed by atoms with Gasteiger partial charge >= 0.3 is 0 Å². The fourth-order valence-corrected chi connectivity index (χ4v) is 5.18. The maximum Gasteiger partial charge on any atom is 0.251 e. The van der Waals surface area contributed by atoms with Gasteiger partial charge in [0.15, 0.2) is 0 Å². The zero-order chi connectivity index (χ0) is 25.6. The quantitative estimate of drug-likeness (QED) is 0.333. The number of amides is 1. The lowest BCUT2D eigenvalue weighted by Crippen LogP contribution is -2.40. The highest BCUT2D eigenvalue weighted by atomic mass is 16.1. The molecule has 6 heteroatoms. The summed E-state index contributed by atoms with van der Waals surface area (Å²) in [6, 6.07) is 27.0. The maximum absolute atomic E-state index is 13.2. The molecule has 1 heterocycles. The van der Waals surface area contributed by atoms with Crippen molar-refractivity contribution in [3.63, 3.8) is 0 Å². The number of aryl methyl sites for hydroxylation is 2. The van der Waals surface area contributed by atoms with Crippen molar-refractivity contribution in [3.05, 3.63) is 95.6 Å². The molecule has 0 saturated heterocycles. The first-order chi connectivity index (χ1) is 18.1. The van der Waals surface area contributed by atoms with Crippen LogP contribution in [0.5, 0.6) is 0 Å². The fraction of sp³-hybridized carbons (Fsp3) is 0.323. The Hall–Kier alpha value is -3.93. The van der Waals surface area contributed by atoms with Crippen LogP contribution in [-0.2, 0) is 12.8 Å². The van der Waals surface area contributed by atoms with Gasteiger partial charge in [0.05, 0.1) is 5.52 Å². The number of fused-ring (bicyclic) bond motifs is 1. The van der Waals surface area contributed by atoms with Crippen LogP contribution >= 0.6 is 0 Å². The maximum atomic E-state index is 13.2. The molecule has 190 valence electrons. The summed E-state index contributed by atoms with van der Waals surface area (Å²) in [6.45, 7) is 0. The number of hydrogen-bond donors (Lipinski definition) is 2. The molecule has 3 aromatic carbocycles. The van der Waals surface area contributed by atoms with Crippen LogP contribution in [0.25, 0.3) is 10.9 Å². The second-order valence-corrected chi connectivity index (χ2v) is 10.1. The van der Waals surface area contributed by atoms with Crippen LogP contribution in [0.2, 0.25) is 0 Å². The Kier molecular flexibility index (Phi) is 7.64. The zero-order valence-corrected chi connectivity index (χ0v) is 21.7. The van der Waals surface area contributed by atoms with Crippen LogP contribution < -0.4 is 15.5 Å². The number of carbonyl (C=O) groups excluding carboxylic acids is 1. The van der Waals surface area contributed by atoms with Crippen molar-refractivity contribution in [1.82, 2.24) is 15.3 Å². The van der Waals surface area contributed by atoms with Gasteiger partial charge in [0.1, 0.15) is 5.82 Å². The summed E-state index contributed by atoms with van der Waals surface area (Å²) in [6.07, 6.45) is 5.58. The molecule has 4 aromatic rings. The zero-order valence-electron chi connectivity index (χ0n) is 21.7. The van der Waals surface area contributed by atoms with Crippen LogP contribution in [0.3, 0.4) is 0 Å². The van der Waals surface area contributed by atoms with E-state index < -0.39 is 0 Å². The normalized spacial score (nSPS) is 17.4. The molecule has 1 aliphatic carbocycles. The number of carbonyl (C=O) groups is 1. The SMILES string of the molecule is CN(C)c1nc(N[C@H]2CC[C@@H](NC(=O)c3ccccc3CCc3ccccc3)CC2)nc2ccccc12. The Morgan fingerprint density at radius 1 is 0.811 bits per heavy atom. The topological polar surface area (TPSA) is 70.2 Å². The van der Waals surface area contributed by atoms with Gasteiger partial charge in [-0.25, -0.2) is 4.98 Å². The Labute approximate surface area is 219 Å². The van der Waals surface area contributed by atoms with Gasteiger partial charge in [0.25, 0.3) is 5.91 Å². The Morgan fingerprint density at radius 3 is 2.27 bits per heavy atom.